The fourth-order valence-corrected chi connectivity index (χ4v) is 3.49. The first-order valence-corrected chi connectivity index (χ1v) is 9.22. The maximum absolute atomic E-state index is 12.7. The lowest BCUT2D eigenvalue weighted by Crippen LogP contribution is -2.35. The number of hydrogen-bond acceptors (Lipinski definition) is 3. The molecule has 1 aromatic rings. The van der Waals surface area contributed by atoms with Crippen LogP contribution >= 0.6 is 0 Å². The van der Waals surface area contributed by atoms with Gasteiger partial charge in [-0.2, -0.15) is 0 Å². The highest BCUT2D eigenvalue weighted by Crippen LogP contribution is 2.38. The maximum Gasteiger partial charge on any atom is 0.290 e. The van der Waals surface area contributed by atoms with E-state index in [4.69, 9.17) is 0 Å². The topological polar surface area (TPSA) is 57.6 Å². The molecule has 1 amide bonds. The van der Waals surface area contributed by atoms with E-state index >= 15 is 0 Å². The summed E-state index contributed by atoms with van der Waals surface area (Å²) < 4.78 is 0. The minimum Gasteiger partial charge on any atom is -0.503 e. The number of rotatable bonds is 8. The molecule has 0 radical (unpaired) electrons. The SMILES string of the molecule is CCCC[C@H](CC)CN1C(=O)C(O)=C(C(C)=O)[C@@H]1c1ccc(C)cc1. The molecular formula is C21H29NO3. The average Bonchev–Trinajstić information content (AvgIpc) is 2.84. The number of carbonyl (C=O) groups excluding carboxylic acids is 2. The molecule has 25 heavy (non-hydrogen) atoms. The van der Waals surface area contributed by atoms with E-state index in [1.54, 1.807) is 4.90 Å². The Morgan fingerprint density at radius 3 is 2.40 bits per heavy atom. The van der Waals surface area contributed by atoms with E-state index < -0.39 is 11.9 Å². The molecule has 2 rings (SSSR count). The van der Waals surface area contributed by atoms with E-state index in [1.807, 2.05) is 31.2 Å². The van der Waals surface area contributed by atoms with Gasteiger partial charge in [-0.25, -0.2) is 0 Å². The molecule has 4 nitrogen and oxygen atoms in total. The summed E-state index contributed by atoms with van der Waals surface area (Å²) in [4.78, 5) is 26.5. The Morgan fingerprint density at radius 1 is 1.24 bits per heavy atom. The molecule has 1 aliphatic heterocycles. The minimum absolute atomic E-state index is 0.221. The number of hydrogen-bond donors (Lipinski definition) is 1. The molecule has 4 heteroatoms. The van der Waals surface area contributed by atoms with Crippen molar-refractivity contribution < 1.29 is 14.7 Å². The number of amides is 1. The Bertz CT molecular complexity index is 660. The first-order valence-electron chi connectivity index (χ1n) is 9.22. The van der Waals surface area contributed by atoms with Crippen LogP contribution < -0.4 is 0 Å². The fourth-order valence-electron chi connectivity index (χ4n) is 3.49. The molecule has 0 aliphatic carbocycles. The Labute approximate surface area is 150 Å². The van der Waals surface area contributed by atoms with Crippen LogP contribution in [0.15, 0.2) is 35.6 Å². The average molecular weight is 343 g/mol. The van der Waals surface area contributed by atoms with Crippen LogP contribution in [0, 0.1) is 12.8 Å². The van der Waals surface area contributed by atoms with Gasteiger partial charge in [0, 0.05) is 6.54 Å². The number of Topliss-reactive ketones (excluding diaryl/α,β-unsaturated/α-hetero) is 1. The zero-order chi connectivity index (χ0) is 18.6. The molecule has 0 aromatic heterocycles. The van der Waals surface area contributed by atoms with Gasteiger partial charge in [-0.3, -0.25) is 9.59 Å². The molecule has 1 heterocycles. The van der Waals surface area contributed by atoms with Crippen LogP contribution in [0.1, 0.15) is 63.6 Å². The summed E-state index contributed by atoms with van der Waals surface area (Å²) >= 11 is 0. The zero-order valence-corrected chi connectivity index (χ0v) is 15.7. The zero-order valence-electron chi connectivity index (χ0n) is 15.7. The van der Waals surface area contributed by atoms with Gasteiger partial charge in [0.2, 0.25) is 0 Å². The maximum atomic E-state index is 12.7. The number of aliphatic hydroxyl groups is 1. The highest BCUT2D eigenvalue weighted by atomic mass is 16.3. The molecule has 0 spiro atoms. The van der Waals surface area contributed by atoms with Crippen LogP contribution in [0.5, 0.6) is 0 Å². The van der Waals surface area contributed by atoms with Crippen molar-refractivity contribution in [2.75, 3.05) is 6.54 Å². The molecule has 0 fully saturated rings. The first-order chi connectivity index (χ1) is 11.9. The summed E-state index contributed by atoms with van der Waals surface area (Å²) in [7, 11) is 0. The van der Waals surface area contributed by atoms with Gasteiger partial charge in [0.05, 0.1) is 11.6 Å². The van der Waals surface area contributed by atoms with Gasteiger partial charge in [-0.1, -0.05) is 62.9 Å². The quantitative estimate of drug-likeness (QED) is 0.756. The number of unbranched alkanes of at least 4 members (excludes halogenated alkanes) is 1. The highest BCUT2D eigenvalue weighted by molar-refractivity contribution is 6.08. The lowest BCUT2D eigenvalue weighted by Gasteiger charge is -2.30. The van der Waals surface area contributed by atoms with Crippen molar-refractivity contribution in [3.8, 4) is 0 Å². The van der Waals surface area contributed by atoms with Crippen molar-refractivity contribution in [1.29, 1.82) is 0 Å². The lowest BCUT2D eigenvalue weighted by molar-refractivity contribution is -0.130. The minimum atomic E-state index is -0.485. The third-order valence-corrected chi connectivity index (χ3v) is 5.07. The third-order valence-electron chi connectivity index (χ3n) is 5.07. The van der Waals surface area contributed by atoms with E-state index in [0.29, 0.717) is 12.5 Å². The first kappa shape index (κ1) is 19.2. The number of carbonyl (C=O) groups is 2. The second kappa shape index (κ2) is 8.32. The predicted molar refractivity (Wildman–Crippen MR) is 99.3 cm³/mol. The van der Waals surface area contributed by atoms with Crippen LogP contribution in [0.25, 0.3) is 0 Å². The van der Waals surface area contributed by atoms with E-state index in [2.05, 4.69) is 13.8 Å². The normalized spacial score (nSPS) is 18.8. The smallest absolute Gasteiger partial charge is 0.290 e. The molecule has 2 atom stereocenters. The predicted octanol–water partition coefficient (Wildman–Crippen LogP) is 4.50. The molecule has 0 saturated carbocycles. The number of benzene rings is 1. The summed E-state index contributed by atoms with van der Waals surface area (Å²) in [6, 6.07) is 7.34. The summed E-state index contributed by atoms with van der Waals surface area (Å²) in [5.41, 5.74) is 2.21. The molecule has 136 valence electrons. The van der Waals surface area contributed by atoms with Crippen LogP contribution in [-0.2, 0) is 9.59 Å². The van der Waals surface area contributed by atoms with E-state index in [9.17, 15) is 14.7 Å². The van der Waals surface area contributed by atoms with Crippen molar-refractivity contribution in [2.24, 2.45) is 5.92 Å². The number of ketones is 1. The Kier molecular flexibility index (Phi) is 6.40. The van der Waals surface area contributed by atoms with Gasteiger partial charge in [-0.05, 0) is 31.7 Å². The molecule has 0 bridgehead atoms. The Balaban J connectivity index is 2.37. The fraction of sp³-hybridized carbons (Fsp3) is 0.524. The van der Waals surface area contributed by atoms with Gasteiger partial charge in [0.25, 0.3) is 5.91 Å². The lowest BCUT2D eigenvalue weighted by atomic mass is 9.94. The van der Waals surface area contributed by atoms with Crippen LogP contribution in [0.2, 0.25) is 0 Å². The Morgan fingerprint density at radius 2 is 1.88 bits per heavy atom. The van der Waals surface area contributed by atoms with Crippen LogP contribution in [-0.4, -0.2) is 28.2 Å². The molecule has 1 aliphatic rings. The largest absolute Gasteiger partial charge is 0.503 e. The molecule has 0 saturated heterocycles. The molecule has 1 aromatic carbocycles. The number of nitrogens with zero attached hydrogens (tertiary/aromatic N) is 1. The third kappa shape index (κ3) is 4.12. The number of aliphatic hydroxyl groups excluding tert-OH is 1. The number of aryl methyl sites for hydroxylation is 1. The highest BCUT2D eigenvalue weighted by Gasteiger charge is 2.42. The van der Waals surface area contributed by atoms with Crippen LogP contribution in [0.4, 0.5) is 0 Å². The van der Waals surface area contributed by atoms with E-state index in [1.165, 1.54) is 6.92 Å². The van der Waals surface area contributed by atoms with Gasteiger partial charge in [0.1, 0.15) is 0 Å². The summed E-state index contributed by atoms with van der Waals surface area (Å²) in [5, 5.41) is 10.3. The van der Waals surface area contributed by atoms with Crippen molar-refractivity contribution in [1.82, 2.24) is 4.90 Å². The summed E-state index contributed by atoms with van der Waals surface area (Å²) in [5.74, 6) is -0.689. The second-order valence-corrected chi connectivity index (χ2v) is 7.01. The standard InChI is InChI=1S/C21H29NO3/c1-5-7-8-16(6-2)13-22-19(17-11-9-14(3)10-12-17)18(15(4)23)20(24)21(22)25/h9-12,16,19,24H,5-8,13H2,1-4H3/t16-,19-/m0/s1. The summed E-state index contributed by atoms with van der Waals surface area (Å²) in [6.45, 7) is 8.26. The monoisotopic (exact) mass is 343 g/mol. The van der Waals surface area contributed by atoms with E-state index in [0.717, 1.165) is 36.8 Å². The van der Waals surface area contributed by atoms with Gasteiger partial charge < -0.3 is 10.0 Å². The van der Waals surface area contributed by atoms with Crippen molar-refractivity contribution in [3.63, 3.8) is 0 Å². The van der Waals surface area contributed by atoms with Crippen molar-refractivity contribution in [2.45, 2.75) is 59.4 Å². The van der Waals surface area contributed by atoms with E-state index in [-0.39, 0.29) is 17.1 Å². The molecular weight excluding hydrogens is 314 g/mol. The van der Waals surface area contributed by atoms with Gasteiger partial charge >= 0.3 is 0 Å². The van der Waals surface area contributed by atoms with Crippen molar-refractivity contribution >= 4 is 11.7 Å². The van der Waals surface area contributed by atoms with Crippen molar-refractivity contribution in [3.05, 3.63) is 46.7 Å². The van der Waals surface area contributed by atoms with Gasteiger partial charge in [-0.15, -0.1) is 0 Å². The molecule has 1 N–H and O–H groups in total. The molecule has 0 unspecified atom stereocenters. The second-order valence-electron chi connectivity index (χ2n) is 7.01. The summed E-state index contributed by atoms with van der Waals surface area (Å²) in [6.07, 6.45) is 4.26. The van der Waals surface area contributed by atoms with Crippen LogP contribution in [0.3, 0.4) is 0 Å². The van der Waals surface area contributed by atoms with Gasteiger partial charge in [0.15, 0.2) is 11.5 Å². The Hall–Kier alpha value is -2.10.